The molecule has 2 bridgehead atoms. The summed E-state index contributed by atoms with van der Waals surface area (Å²) in [5, 5.41) is 7.91. The second-order valence-corrected chi connectivity index (χ2v) is 9.96. The lowest BCUT2D eigenvalue weighted by Crippen LogP contribution is -2.47. The van der Waals surface area contributed by atoms with Gasteiger partial charge in [0.2, 0.25) is 0 Å². The zero-order valence-corrected chi connectivity index (χ0v) is 20.0. The van der Waals surface area contributed by atoms with Crippen molar-refractivity contribution in [3.05, 3.63) is 29.5 Å². The maximum atomic E-state index is 13.4. The van der Waals surface area contributed by atoms with Crippen molar-refractivity contribution in [2.75, 3.05) is 19.6 Å². The highest BCUT2D eigenvalue weighted by atomic mass is 16.5. The van der Waals surface area contributed by atoms with Crippen molar-refractivity contribution >= 4 is 28.7 Å². The van der Waals surface area contributed by atoms with Gasteiger partial charge in [0.15, 0.2) is 5.78 Å². The first-order chi connectivity index (χ1) is 15.7. The Kier molecular flexibility index (Phi) is 6.83. The summed E-state index contributed by atoms with van der Waals surface area (Å²) in [5.41, 5.74) is 1.60. The minimum atomic E-state index is -0.371. The van der Waals surface area contributed by atoms with E-state index in [0.29, 0.717) is 34.9 Å². The van der Waals surface area contributed by atoms with Gasteiger partial charge in [-0.25, -0.2) is 4.79 Å². The second-order valence-electron chi connectivity index (χ2n) is 9.96. The molecule has 1 aromatic carbocycles. The molecule has 8 nitrogen and oxygen atoms in total. The third-order valence-electron chi connectivity index (χ3n) is 6.57. The van der Waals surface area contributed by atoms with E-state index in [9.17, 15) is 14.4 Å². The minimum Gasteiger partial charge on any atom is -0.463 e. The number of fused-ring (bicyclic) bond motifs is 4. The summed E-state index contributed by atoms with van der Waals surface area (Å²) in [7, 11) is 0. The number of hydrogen-bond donors (Lipinski definition) is 1. The molecule has 8 heteroatoms. The number of benzene rings is 1. The predicted molar refractivity (Wildman–Crippen MR) is 125 cm³/mol. The van der Waals surface area contributed by atoms with E-state index in [0.717, 1.165) is 38.0 Å². The van der Waals surface area contributed by atoms with Crippen molar-refractivity contribution in [3.63, 3.8) is 0 Å². The van der Waals surface area contributed by atoms with Gasteiger partial charge in [-0.3, -0.25) is 9.59 Å². The fraction of sp³-hybridized carbons (Fsp3) is 0.600. The number of esters is 1. The Balaban J connectivity index is 1.65. The number of hydrogen-bond acceptors (Lipinski definition) is 6. The fourth-order valence-electron chi connectivity index (χ4n) is 5.07. The van der Waals surface area contributed by atoms with E-state index in [-0.39, 0.29) is 36.4 Å². The van der Waals surface area contributed by atoms with Crippen molar-refractivity contribution < 1.29 is 19.1 Å². The molecular weight excluding hydrogens is 420 g/mol. The molecule has 33 heavy (non-hydrogen) atoms. The molecule has 0 radical (unpaired) electrons. The summed E-state index contributed by atoms with van der Waals surface area (Å²) in [6.07, 6.45) is 2.63. The molecule has 5 rings (SSSR count). The van der Waals surface area contributed by atoms with E-state index in [4.69, 9.17) is 4.74 Å². The highest BCUT2D eigenvalue weighted by Gasteiger charge is 2.36. The van der Waals surface area contributed by atoms with Crippen molar-refractivity contribution in [2.45, 2.75) is 65.5 Å². The topological polar surface area (TPSA) is 93.5 Å². The van der Waals surface area contributed by atoms with Gasteiger partial charge in [-0.05, 0) is 83.2 Å². The number of ketones is 1. The summed E-state index contributed by atoms with van der Waals surface area (Å²) in [6.45, 7) is 10.6. The highest BCUT2D eigenvalue weighted by Crippen LogP contribution is 2.35. The van der Waals surface area contributed by atoms with E-state index in [1.165, 1.54) is 4.68 Å². The number of Topliss-reactive ketones (excluding diaryl/α,β-unsaturated/α-hetero) is 1. The van der Waals surface area contributed by atoms with E-state index < -0.39 is 0 Å². The van der Waals surface area contributed by atoms with Crippen LogP contribution in [0.1, 0.15) is 63.0 Å². The number of piperidine rings is 3. The van der Waals surface area contributed by atoms with Gasteiger partial charge in [-0.2, -0.15) is 9.78 Å². The van der Waals surface area contributed by atoms with Gasteiger partial charge in [-0.15, -0.1) is 0 Å². The zero-order chi connectivity index (χ0) is 23.7. The van der Waals surface area contributed by atoms with Crippen LogP contribution in [0.15, 0.2) is 18.2 Å². The van der Waals surface area contributed by atoms with Crippen molar-refractivity contribution in [1.29, 1.82) is 0 Å². The van der Waals surface area contributed by atoms with Crippen LogP contribution in [0.3, 0.4) is 0 Å². The number of carbonyl (C=O) groups excluding carboxylic acids is 3. The molecule has 178 valence electrons. The van der Waals surface area contributed by atoms with Crippen LogP contribution in [-0.4, -0.2) is 64.2 Å². The molecule has 0 aliphatic carbocycles. The lowest BCUT2D eigenvalue weighted by Gasteiger charge is -2.44. The Hall–Kier alpha value is -2.74. The van der Waals surface area contributed by atoms with Crippen molar-refractivity contribution in [3.8, 4) is 0 Å². The van der Waals surface area contributed by atoms with Crippen molar-refractivity contribution in [2.24, 2.45) is 11.8 Å². The fourth-order valence-corrected chi connectivity index (χ4v) is 5.07. The third-order valence-corrected chi connectivity index (χ3v) is 6.57. The zero-order valence-electron chi connectivity index (χ0n) is 20.0. The number of carbonyl (C=O) groups is 3. The van der Waals surface area contributed by atoms with Crippen LogP contribution in [0.4, 0.5) is 4.79 Å². The molecule has 2 aromatic rings. The number of nitrogens with zero attached hydrogens (tertiary/aromatic N) is 3. The van der Waals surface area contributed by atoms with Crippen LogP contribution in [0.5, 0.6) is 0 Å². The summed E-state index contributed by atoms with van der Waals surface area (Å²) < 4.78 is 6.54. The smallest absolute Gasteiger partial charge is 0.342 e. The van der Waals surface area contributed by atoms with Gasteiger partial charge >= 0.3 is 12.0 Å². The number of aromatic nitrogens is 2. The Labute approximate surface area is 194 Å². The molecule has 0 unspecified atom stereocenters. The molecule has 4 heterocycles. The Bertz CT molecular complexity index is 1050. The first kappa shape index (κ1) is 23.4. The van der Waals surface area contributed by atoms with Crippen LogP contribution in [0.25, 0.3) is 10.9 Å². The molecular formula is C25H34N4O4. The van der Waals surface area contributed by atoms with E-state index in [1.807, 2.05) is 27.7 Å². The van der Waals surface area contributed by atoms with Gasteiger partial charge in [0, 0.05) is 24.4 Å². The molecule has 1 aromatic heterocycles. The van der Waals surface area contributed by atoms with Crippen molar-refractivity contribution in [1.82, 2.24) is 20.0 Å². The Morgan fingerprint density at radius 2 is 1.88 bits per heavy atom. The lowest BCUT2D eigenvalue weighted by molar-refractivity contribution is -0.146. The Morgan fingerprint density at radius 3 is 2.48 bits per heavy atom. The largest absolute Gasteiger partial charge is 0.463 e. The summed E-state index contributed by atoms with van der Waals surface area (Å²) in [4.78, 5) is 40.8. The maximum Gasteiger partial charge on any atom is 0.342 e. The van der Waals surface area contributed by atoms with Gasteiger partial charge in [0.1, 0.15) is 5.69 Å². The van der Waals surface area contributed by atoms with E-state index in [2.05, 4.69) is 15.3 Å². The second kappa shape index (κ2) is 9.63. The van der Waals surface area contributed by atoms with Crippen LogP contribution in [0.2, 0.25) is 0 Å². The number of ether oxygens (including phenoxy) is 1. The Morgan fingerprint density at radius 1 is 1.15 bits per heavy atom. The maximum absolute atomic E-state index is 13.4. The first-order valence-electron chi connectivity index (χ1n) is 12.0. The molecule has 3 saturated heterocycles. The first-order valence-corrected chi connectivity index (χ1v) is 12.0. The van der Waals surface area contributed by atoms with Crippen LogP contribution in [-0.2, 0) is 16.0 Å². The summed E-state index contributed by atoms with van der Waals surface area (Å²) in [5.74, 6) is 0.540. The molecule has 1 atom stereocenters. The lowest BCUT2D eigenvalue weighted by atomic mass is 9.76. The van der Waals surface area contributed by atoms with Crippen LogP contribution >= 0.6 is 0 Å². The minimum absolute atomic E-state index is 0.0447. The molecule has 0 spiro atoms. The monoisotopic (exact) mass is 454 g/mol. The molecule has 3 aliphatic rings. The predicted octanol–water partition coefficient (Wildman–Crippen LogP) is 3.41. The normalized spacial score (nSPS) is 22.2. The molecule has 3 fully saturated rings. The molecule has 0 saturated carbocycles. The SMILES string of the molecule is CC(C)NC(=O)n1nc(C(=O)C[C@H]2CN3CCC2CC3)c2cc(CC(=O)OC(C)C)ccc21. The van der Waals surface area contributed by atoms with Gasteiger partial charge in [0.05, 0.1) is 18.0 Å². The number of nitrogens with one attached hydrogen (secondary N) is 1. The summed E-state index contributed by atoms with van der Waals surface area (Å²) >= 11 is 0. The van der Waals surface area contributed by atoms with Crippen LogP contribution < -0.4 is 5.32 Å². The average molecular weight is 455 g/mol. The number of amides is 1. The molecule has 1 amide bonds. The highest BCUT2D eigenvalue weighted by molar-refractivity contribution is 6.08. The van der Waals surface area contributed by atoms with Gasteiger partial charge < -0.3 is 15.0 Å². The quantitative estimate of drug-likeness (QED) is 0.509. The standard InChI is InChI=1S/C25H34N4O4/c1-15(2)26-25(32)29-21-6-5-17(12-23(31)33-16(3)4)11-20(21)24(27-29)22(30)13-19-14-28-9-7-18(19)8-10-28/h5-6,11,15-16,18-19H,7-10,12-14H2,1-4H3,(H,26,32)/t19-/m0/s1. The van der Waals surface area contributed by atoms with E-state index in [1.54, 1.807) is 18.2 Å². The molecule has 1 N–H and O–H groups in total. The summed E-state index contributed by atoms with van der Waals surface area (Å²) in [6, 6.07) is 4.90. The van der Waals surface area contributed by atoms with Gasteiger partial charge in [0.25, 0.3) is 0 Å². The average Bonchev–Trinajstić information content (AvgIpc) is 3.12. The van der Waals surface area contributed by atoms with Crippen LogP contribution in [0, 0.1) is 11.8 Å². The van der Waals surface area contributed by atoms with E-state index >= 15 is 0 Å². The number of rotatable bonds is 7. The third kappa shape index (κ3) is 5.27. The molecule has 3 aliphatic heterocycles. The van der Waals surface area contributed by atoms with Gasteiger partial charge in [-0.1, -0.05) is 6.07 Å².